The molecule has 7 heteroatoms. The lowest BCUT2D eigenvalue weighted by atomic mass is 10.2. The summed E-state index contributed by atoms with van der Waals surface area (Å²) >= 11 is 0. The number of rotatable bonds is 7. The number of esters is 1. The van der Waals surface area contributed by atoms with Gasteiger partial charge in [-0.05, 0) is 47.2 Å². The molecule has 0 unspecified atom stereocenters. The van der Waals surface area contributed by atoms with E-state index in [9.17, 15) is 13.2 Å². The highest BCUT2D eigenvalue weighted by atomic mass is 33.1. The SMILES string of the molecule is COC(=O)c1ccc(NCCSS(=O)(=O)c2ccccc2)cc1. The molecule has 0 aliphatic heterocycles. The largest absolute Gasteiger partial charge is 0.465 e. The second-order valence-corrected chi connectivity index (χ2v) is 8.63. The van der Waals surface area contributed by atoms with Gasteiger partial charge in [-0.15, -0.1) is 0 Å². The van der Waals surface area contributed by atoms with Crippen LogP contribution in [-0.4, -0.2) is 33.8 Å². The van der Waals surface area contributed by atoms with E-state index >= 15 is 0 Å². The van der Waals surface area contributed by atoms with Gasteiger partial charge in [-0.25, -0.2) is 13.2 Å². The molecule has 1 N–H and O–H groups in total. The fourth-order valence-corrected chi connectivity index (χ4v) is 4.53. The lowest BCUT2D eigenvalue weighted by molar-refractivity contribution is 0.0601. The second kappa shape index (κ2) is 8.03. The van der Waals surface area contributed by atoms with Crippen LogP contribution in [0.1, 0.15) is 10.4 Å². The zero-order valence-electron chi connectivity index (χ0n) is 12.6. The lowest BCUT2D eigenvalue weighted by Gasteiger charge is -2.07. The number of ether oxygens (including phenoxy) is 1. The number of benzene rings is 2. The predicted octanol–water partition coefficient (Wildman–Crippen LogP) is 3.01. The summed E-state index contributed by atoms with van der Waals surface area (Å²) < 4.78 is 28.8. The Kier molecular flexibility index (Phi) is 6.06. The molecule has 5 nitrogen and oxygen atoms in total. The standard InChI is InChI=1S/C16H17NO4S2/c1-21-16(18)13-7-9-14(10-8-13)17-11-12-22-23(19,20)15-5-3-2-4-6-15/h2-10,17H,11-12H2,1H3. The third-order valence-electron chi connectivity index (χ3n) is 3.01. The van der Waals surface area contributed by atoms with Gasteiger partial charge >= 0.3 is 5.97 Å². The highest BCUT2D eigenvalue weighted by Crippen LogP contribution is 2.22. The molecule has 0 bridgehead atoms. The Bertz CT molecular complexity index is 743. The normalized spacial score (nSPS) is 11.0. The monoisotopic (exact) mass is 351 g/mol. The fraction of sp³-hybridized carbons (Fsp3) is 0.188. The van der Waals surface area contributed by atoms with Gasteiger partial charge in [0.1, 0.15) is 0 Å². The Morgan fingerprint density at radius 2 is 1.74 bits per heavy atom. The quantitative estimate of drug-likeness (QED) is 0.470. The molecule has 0 aliphatic rings. The molecule has 0 heterocycles. The molecular formula is C16H17NO4S2. The number of carbonyl (C=O) groups excluding carboxylic acids is 1. The molecule has 0 aliphatic carbocycles. The summed E-state index contributed by atoms with van der Waals surface area (Å²) in [6, 6.07) is 15.2. The summed E-state index contributed by atoms with van der Waals surface area (Å²) in [5.41, 5.74) is 1.29. The number of methoxy groups -OCH3 is 1. The van der Waals surface area contributed by atoms with Gasteiger partial charge in [-0.2, -0.15) is 0 Å². The zero-order chi connectivity index (χ0) is 16.7. The van der Waals surface area contributed by atoms with E-state index in [1.807, 2.05) is 0 Å². The van der Waals surface area contributed by atoms with E-state index in [0.29, 0.717) is 22.8 Å². The van der Waals surface area contributed by atoms with Crippen LogP contribution in [0.3, 0.4) is 0 Å². The topological polar surface area (TPSA) is 72.5 Å². The molecule has 0 amide bonds. The summed E-state index contributed by atoms with van der Waals surface area (Å²) in [5.74, 6) is 0.0248. The van der Waals surface area contributed by atoms with Crippen molar-refractivity contribution in [2.24, 2.45) is 0 Å². The van der Waals surface area contributed by atoms with Gasteiger partial charge in [0.05, 0.1) is 17.6 Å². The van der Waals surface area contributed by atoms with Crippen LogP contribution in [0.4, 0.5) is 5.69 Å². The van der Waals surface area contributed by atoms with E-state index in [1.54, 1.807) is 54.6 Å². The zero-order valence-corrected chi connectivity index (χ0v) is 14.2. The third kappa shape index (κ3) is 5.01. The van der Waals surface area contributed by atoms with Gasteiger partial charge in [0.15, 0.2) is 0 Å². The molecule has 122 valence electrons. The maximum atomic E-state index is 12.1. The summed E-state index contributed by atoms with van der Waals surface area (Å²) in [5, 5.41) is 3.12. The minimum absolute atomic E-state index is 0.312. The lowest BCUT2D eigenvalue weighted by Crippen LogP contribution is -2.07. The average Bonchev–Trinajstić information content (AvgIpc) is 2.59. The molecule has 23 heavy (non-hydrogen) atoms. The Morgan fingerprint density at radius 3 is 2.35 bits per heavy atom. The van der Waals surface area contributed by atoms with Crippen LogP contribution < -0.4 is 5.32 Å². The molecular weight excluding hydrogens is 334 g/mol. The first-order valence-corrected chi connectivity index (χ1v) is 9.88. The van der Waals surface area contributed by atoms with E-state index < -0.39 is 8.87 Å². The molecule has 0 radical (unpaired) electrons. The van der Waals surface area contributed by atoms with Crippen molar-refractivity contribution in [2.45, 2.75) is 4.90 Å². The number of hydrogen-bond acceptors (Lipinski definition) is 6. The fourth-order valence-electron chi connectivity index (χ4n) is 1.84. The van der Waals surface area contributed by atoms with Crippen LogP contribution in [0.2, 0.25) is 0 Å². The molecule has 0 spiro atoms. The minimum atomic E-state index is -3.32. The molecule has 0 aromatic heterocycles. The second-order valence-electron chi connectivity index (χ2n) is 4.58. The van der Waals surface area contributed by atoms with Crippen LogP contribution >= 0.6 is 10.8 Å². The van der Waals surface area contributed by atoms with Crippen molar-refractivity contribution in [1.82, 2.24) is 0 Å². The van der Waals surface area contributed by atoms with Crippen molar-refractivity contribution in [3.05, 3.63) is 60.2 Å². The summed E-state index contributed by atoms with van der Waals surface area (Å²) in [6.45, 7) is 0.494. The van der Waals surface area contributed by atoms with Crippen molar-refractivity contribution >= 4 is 31.3 Å². The summed E-state index contributed by atoms with van der Waals surface area (Å²) in [4.78, 5) is 11.6. The first-order valence-electron chi connectivity index (χ1n) is 6.89. The van der Waals surface area contributed by atoms with Gasteiger partial charge in [0, 0.05) is 18.0 Å². The van der Waals surface area contributed by atoms with Gasteiger partial charge < -0.3 is 10.1 Å². The molecule has 2 rings (SSSR count). The van der Waals surface area contributed by atoms with Crippen LogP contribution in [0, 0.1) is 0 Å². The smallest absolute Gasteiger partial charge is 0.337 e. The van der Waals surface area contributed by atoms with Crippen molar-refractivity contribution in [3.8, 4) is 0 Å². The van der Waals surface area contributed by atoms with Gasteiger partial charge in [0.25, 0.3) is 0 Å². The Hall–Kier alpha value is -1.99. The van der Waals surface area contributed by atoms with Gasteiger partial charge in [0.2, 0.25) is 8.87 Å². The maximum absolute atomic E-state index is 12.1. The highest BCUT2D eigenvalue weighted by molar-refractivity contribution is 8.72. The van der Waals surface area contributed by atoms with E-state index in [4.69, 9.17) is 0 Å². The van der Waals surface area contributed by atoms with Crippen LogP contribution in [-0.2, 0) is 13.6 Å². The third-order valence-corrected chi connectivity index (χ3v) is 6.55. The number of hydrogen-bond donors (Lipinski definition) is 1. The van der Waals surface area contributed by atoms with E-state index in [2.05, 4.69) is 10.1 Å². The number of carbonyl (C=O) groups is 1. The first kappa shape index (κ1) is 17.4. The Morgan fingerprint density at radius 1 is 1.09 bits per heavy atom. The van der Waals surface area contributed by atoms with Crippen LogP contribution in [0.15, 0.2) is 59.5 Å². The predicted molar refractivity (Wildman–Crippen MR) is 92.4 cm³/mol. The number of nitrogens with one attached hydrogen (secondary N) is 1. The van der Waals surface area contributed by atoms with Crippen LogP contribution in [0.25, 0.3) is 0 Å². The van der Waals surface area contributed by atoms with Crippen molar-refractivity contribution in [3.63, 3.8) is 0 Å². The first-order chi connectivity index (χ1) is 11.0. The molecule has 2 aromatic carbocycles. The van der Waals surface area contributed by atoms with E-state index in [-0.39, 0.29) is 5.97 Å². The molecule has 0 saturated carbocycles. The highest BCUT2D eigenvalue weighted by Gasteiger charge is 2.13. The van der Waals surface area contributed by atoms with Crippen LogP contribution in [0.5, 0.6) is 0 Å². The Labute approximate surface area is 139 Å². The van der Waals surface area contributed by atoms with E-state index in [0.717, 1.165) is 16.5 Å². The Balaban J connectivity index is 1.82. The molecule has 0 atom stereocenters. The van der Waals surface area contributed by atoms with Gasteiger partial charge in [-0.3, -0.25) is 0 Å². The van der Waals surface area contributed by atoms with Crippen molar-refractivity contribution < 1.29 is 17.9 Å². The number of anilines is 1. The van der Waals surface area contributed by atoms with Crippen molar-refractivity contribution in [1.29, 1.82) is 0 Å². The summed E-state index contributed by atoms with van der Waals surface area (Å²) in [7, 11) is -1.09. The molecule has 2 aromatic rings. The van der Waals surface area contributed by atoms with Crippen molar-refractivity contribution in [2.75, 3.05) is 24.7 Å². The molecule has 0 fully saturated rings. The summed E-state index contributed by atoms with van der Waals surface area (Å²) in [6.07, 6.45) is 0. The molecule has 0 saturated heterocycles. The maximum Gasteiger partial charge on any atom is 0.337 e. The van der Waals surface area contributed by atoms with Gasteiger partial charge in [-0.1, -0.05) is 18.2 Å². The average molecular weight is 351 g/mol. The van der Waals surface area contributed by atoms with E-state index in [1.165, 1.54) is 7.11 Å². The minimum Gasteiger partial charge on any atom is -0.465 e.